The summed E-state index contributed by atoms with van der Waals surface area (Å²) in [5, 5.41) is 15.2. The van der Waals surface area contributed by atoms with Gasteiger partial charge in [0, 0.05) is 80.0 Å². The van der Waals surface area contributed by atoms with E-state index in [-0.39, 0.29) is 17.7 Å². The molecule has 0 spiro atoms. The van der Waals surface area contributed by atoms with E-state index in [0.717, 1.165) is 96.9 Å². The van der Waals surface area contributed by atoms with Crippen molar-refractivity contribution in [3.8, 4) is 22.4 Å². The van der Waals surface area contributed by atoms with Gasteiger partial charge in [-0.1, -0.05) is 45.0 Å². The average molecular weight is 1080 g/mol. The number of anilines is 1. The van der Waals surface area contributed by atoms with Crippen LogP contribution in [0, 0.1) is 34.3 Å². The Morgan fingerprint density at radius 1 is 0.855 bits per heavy atom. The van der Waals surface area contributed by atoms with Gasteiger partial charge in [0.05, 0.1) is 69.4 Å². The first-order valence-electron chi connectivity index (χ1n) is 24.8. The summed E-state index contributed by atoms with van der Waals surface area (Å²) in [7, 11) is 2.03. The summed E-state index contributed by atoms with van der Waals surface area (Å²) in [5.74, 6) is -7.01. The Bertz CT molecular complexity index is 2650. The number of aliphatic hydroxyl groups excluding tert-OH is 1. The van der Waals surface area contributed by atoms with Gasteiger partial charge in [-0.15, -0.1) is 0 Å². The minimum atomic E-state index is -5.04. The van der Waals surface area contributed by atoms with Crippen molar-refractivity contribution >= 4 is 29.7 Å². The highest BCUT2D eigenvalue weighted by Crippen LogP contribution is 2.42. The zero-order valence-electron chi connectivity index (χ0n) is 43.3. The zero-order chi connectivity index (χ0) is 55.4. The lowest BCUT2D eigenvalue weighted by Gasteiger charge is -2.47. The number of rotatable bonds is 21. The third kappa shape index (κ3) is 13.3. The van der Waals surface area contributed by atoms with Gasteiger partial charge in [-0.25, -0.2) is 33.5 Å². The minimum Gasteiger partial charge on any atom is -0.469 e. The van der Waals surface area contributed by atoms with Crippen molar-refractivity contribution in [3.63, 3.8) is 0 Å². The number of alkyl carbamates (subject to hydrolysis) is 1. The smallest absolute Gasteiger partial charge is 0.407 e. The number of ether oxygens (including phenoxy) is 3. The van der Waals surface area contributed by atoms with Crippen molar-refractivity contribution in [2.24, 2.45) is 22.7 Å². The predicted molar refractivity (Wildman–Crippen MR) is 262 cm³/mol. The van der Waals surface area contributed by atoms with Crippen LogP contribution in [0.1, 0.15) is 78.0 Å². The molecule has 2 amide bonds. The summed E-state index contributed by atoms with van der Waals surface area (Å²) < 4.78 is 118. The van der Waals surface area contributed by atoms with Gasteiger partial charge in [-0.05, 0) is 67.7 Å². The van der Waals surface area contributed by atoms with Gasteiger partial charge in [0.1, 0.15) is 17.7 Å². The maximum atomic E-state index is 16.1. The molecule has 2 unspecified atom stereocenters. The number of methoxy groups -OCH3 is 2. The van der Waals surface area contributed by atoms with E-state index in [4.69, 9.17) is 19.4 Å². The second-order valence-corrected chi connectivity index (χ2v) is 21.3. The molecule has 3 aliphatic rings. The molecule has 17 nitrogen and oxygen atoms in total. The monoisotopic (exact) mass is 1080 g/mol. The molecular weight excluding hydrogens is 1010 g/mol. The number of piperazine rings is 1. The van der Waals surface area contributed by atoms with E-state index >= 15 is 8.78 Å². The molecule has 3 N–H and O–H groups in total. The number of amides is 2. The number of esters is 1. The number of hydrogen-bond acceptors (Lipinski definition) is 14. The molecule has 2 aromatic carbocycles. The van der Waals surface area contributed by atoms with Crippen molar-refractivity contribution in [3.05, 3.63) is 84.1 Å². The first-order valence-corrected chi connectivity index (χ1v) is 24.8. The van der Waals surface area contributed by atoms with Crippen LogP contribution in [0.25, 0.3) is 22.4 Å². The largest absolute Gasteiger partial charge is 0.469 e. The molecule has 414 valence electrons. The van der Waals surface area contributed by atoms with Crippen LogP contribution in [-0.4, -0.2) is 142 Å². The molecule has 2 aromatic heterocycles. The van der Waals surface area contributed by atoms with Crippen molar-refractivity contribution < 1.29 is 69.2 Å². The van der Waals surface area contributed by atoms with Crippen molar-refractivity contribution in [1.29, 1.82) is 0 Å². The summed E-state index contributed by atoms with van der Waals surface area (Å²) >= 11 is 0. The Kier molecular flexibility index (Phi) is 17.8. The molecule has 3 aliphatic heterocycles. The molecule has 4 aromatic rings. The number of nitrogens with one attached hydrogen (secondary N) is 2. The molecule has 24 heteroatoms. The normalized spacial score (nSPS) is 19.0. The van der Waals surface area contributed by atoms with Crippen LogP contribution in [-0.2, 0) is 41.6 Å². The lowest BCUT2D eigenvalue weighted by atomic mass is 9.77. The topological polar surface area (TPSA) is 194 Å². The Balaban J connectivity index is 1.18. The lowest BCUT2D eigenvalue weighted by Crippen LogP contribution is -2.62. The van der Waals surface area contributed by atoms with Gasteiger partial charge in [-0.2, -0.15) is 22.0 Å². The van der Waals surface area contributed by atoms with E-state index in [1.807, 2.05) is 5.32 Å². The number of ketones is 1. The number of alkyl halides is 5. The number of hydrazine groups is 1. The third-order valence-corrected chi connectivity index (χ3v) is 14.8. The first-order chi connectivity index (χ1) is 35.8. The fraction of sp³-hybridized carbons (Fsp3) is 0.558. The van der Waals surface area contributed by atoms with Gasteiger partial charge in [-0.3, -0.25) is 29.3 Å². The SMILES string of the molecule is COC(=O)C[C@H](C(=O)NN(Cc1c(F)cc(-c2cn(C(F)F)cn2)cc1F)C[C@H](O)[C@@H](CC(=O)[C@@H](NC(=O)OC)C(C)(C)C(F)(F)F)Cc1ccc(-c2cnc(N3CC4CCC(C3)N4C3COC3)nc2)cc1)C(C)(C)C. The van der Waals surface area contributed by atoms with Crippen molar-refractivity contribution in [2.45, 2.75) is 116 Å². The number of Topliss-reactive ketones (excluding diaryl/α,β-unsaturated/α-hetero) is 1. The van der Waals surface area contributed by atoms with Crippen LogP contribution in [0.3, 0.4) is 0 Å². The third-order valence-electron chi connectivity index (χ3n) is 14.8. The molecule has 76 heavy (non-hydrogen) atoms. The molecule has 7 rings (SSSR count). The lowest BCUT2D eigenvalue weighted by molar-refractivity contribution is -0.220. The van der Waals surface area contributed by atoms with Gasteiger partial charge < -0.3 is 29.5 Å². The minimum absolute atomic E-state index is 0.187. The van der Waals surface area contributed by atoms with E-state index in [2.05, 4.69) is 24.9 Å². The number of carbonyl (C=O) groups excluding carboxylic acids is 4. The number of benzene rings is 2. The van der Waals surface area contributed by atoms with Crippen LogP contribution in [0.15, 0.2) is 61.3 Å². The summed E-state index contributed by atoms with van der Waals surface area (Å²) in [6.07, 6.45) is -2.35. The predicted octanol–water partition coefficient (Wildman–Crippen LogP) is 7.28. The van der Waals surface area contributed by atoms with Crippen molar-refractivity contribution in [2.75, 3.05) is 52.0 Å². The Morgan fingerprint density at radius 2 is 1.47 bits per heavy atom. The van der Waals surface area contributed by atoms with Gasteiger partial charge in [0.15, 0.2) is 5.78 Å². The highest BCUT2D eigenvalue weighted by Gasteiger charge is 2.56. The summed E-state index contributed by atoms with van der Waals surface area (Å²) in [6, 6.07) is 7.49. The van der Waals surface area contributed by atoms with Crippen LogP contribution in [0.2, 0.25) is 0 Å². The number of imidazole rings is 1. The zero-order valence-corrected chi connectivity index (χ0v) is 43.3. The molecule has 5 heterocycles. The summed E-state index contributed by atoms with van der Waals surface area (Å²) in [4.78, 5) is 71.3. The molecule has 2 bridgehead atoms. The maximum absolute atomic E-state index is 16.1. The number of aromatic nitrogens is 4. The molecule has 3 saturated heterocycles. The molecule has 6 atom stereocenters. The first kappa shape index (κ1) is 57.5. The number of carbonyl (C=O) groups is 4. The fourth-order valence-corrected chi connectivity index (χ4v) is 10.1. The van der Waals surface area contributed by atoms with Gasteiger partial charge >= 0.3 is 24.8 Å². The van der Waals surface area contributed by atoms with E-state index < -0.39 is 114 Å². The van der Waals surface area contributed by atoms with Crippen molar-refractivity contribution in [1.82, 2.24) is 40.2 Å². The Hall–Kier alpha value is -6.24. The van der Waals surface area contributed by atoms with Crippen LogP contribution < -0.4 is 15.6 Å². The van der Waals surface area contributed by atoms with Gasteiger partial charge in [0.2, 0.25) is 11.9 Å². The van der Waals surface area contributed by atoms with Crippen LogP contribution in [0.4, 0.5) is 41.5 Å². The van der Waals surface area contributed by atoms with E-state index in [1.54, 1.807) is 57.4 Å². The second-order valence-electron chi connectivity index (χ2n) is 21.3. The van der Waals surface area contributed by atoms with E-state index in [0.29, 0.717) is 45.3 Å². The number of nitrogens with zero attached hydrogens (tertiary/aromatic N) is 7. The van der Waals surface area contributed by atoms with Crippen LogP contribution in [0.5, 0.6) is 0 Å². The maximum Gasteiger partial charge on any atom is 0.407 e. The molecule has 0 saturated carbocycles. The van der Waals surface area contributed by atoms with Crippen LogP contribution >= 0.6 is 0 Å². The quantitative estimate of drug-likeness (QED) is 0.0428. The molecule has 0 radical (unpaired) electrons. The van der Waals surface area contributed by atoms with E-state index in [9.17, 15) is 46.2 Å². The summed E-state index contributed by atoms with van der Waals surface area (Å²) in [6.45, 7) is 4.96. The molecule has 3 fully saturated rings. The van der Waals surface area contributed by atoms with Gasteiger partial charge in [0.25, 0.3) is 0 Å². The standard InChI is InChI=1S/C52H64F7N9O8/c1-50(2,3)38(18-44(71)74-6)46(72)64-67(23-37-39(53)15-31(16-40(37)54)41-24-66(28-62-41)47(55)56)25-43(70)32(17-42(69)45(63-49(73)75-7)51(4,5)52(57,58)59)14-29-8-10-30(11-9-29)33-19-60-48(61-20-33)65-21-34-12-13-35(22-65)68(34)36-26-76-27-36/h8-11,15-16,19-20,24,28,32,34-36,38,43,45,47,70H,12-14,17-18,21-23,25-27H2,1-7H3,(H,63,73)(H,64,72)/t32-,34?,35?,38-,43+,45-/m1/s1. The molecule has 0 aliphatic carbocycles. The highest BCUT2D eigenvalue weighted by molar-refractivity contribution is 5.88. The number of halogens is 7. The number of fused-ring (bicyclic) bond motifs is 2. The fourth-order valence-electron chi connectivity index (χ4n) is 10.1. The Morgan fingerprint density at radius 3 is 1.99 bits per heavy atom. The second kappa shape index (κ2) is 23.6. The Labute approximate surface area is 435 Å². The number of aliphatic hydroxyl groups is 1. The highest BCUT2D eigenvalue weighted by atomic mass is 19.4. The average Bonchev–Trinajstić information content (AvgIpc) is 3.94. The van der Waals surface area contributed by atoms with E-state index in [1.165, 1.54) is 0 Å². The molecular formula is C52H64F7N9O8. The number of hydrogen-bond donors (Lipinski definition) is 3. The summed E-state index contributed by atoms with van der Waals surface area (Å²) in [5.41, 5.74) is -0.454.